The standard InChI is InChI=1S/C17H19F3N4O2.ClH/c1-11-8-15(22-16(25)9-12-10-26-7-6-21-12)24(23-11)14-5-3-2-4-13(14)17(18,19)20;/h2-5,8,12,21H,6-7,9-10H2,1H3,(H,22,25);1H. The summed E-state index contributed by atoms with van der Waals surface area (Å²) in [6.45, 7) is 3.33. The van der Waals surface area contributed by atoms with Crippen LogP contribution in [0, 0.1) is 6.92 Å². The molecule has 148 valence electrons. The molecule has 2 N–H and O–H groups in total. The number of rotatable bonds is 4. The third kappa shape index (κ3) is 5.21. The van der Waals surface area contributed by atoms with Gasteiger partial charge in [0.05, 0.1) is 30.2 Å². The Bertz CT molecular complexity index is 789. The van der Waals surface area contributed by atoms with E-state index in [4.69, 9.17) is 4.74 Å². The number of para-hydroxylation sites is 1. The zero-order valence-corrected chi connectivity index (χ0v) is 15.4. The molecule has 0 saturated carbocycles. The van der Waals surface area contributed by atoms with Gasteiger partial charge in [-0.15, -0.1) is 12.4 Å². The summed E-state index contributed by atoms with van der Waals surface area (Å²) in [6.07, 6.45) is -4.37. The number of carbonyl (C=O) groups is 1. The molecule has 0 radical (unpaired) electrons. The van der Waals surface area contributed by atoms with Gasteiger partial charge in [0, 0.05) is 25.1 Å². The van der Waals surface area contributed by atoms with Crippen LogP contribution in [0.4, 0.5) is 19.0 Å². The number of aryl methyl sites for hydroxylation is 1. The lowest BCUT2D eigenvalue weighted by Gasteiger charge is -2.23. The van der Waals surface area contributed by atoms with E-state index in [1.54, 1.807) is 6.92 Å². The highest BCUT2D eigenvalue weighted by Crippen LogP contribution is 2.34. The number of nitrogens with zero attached hydrogens (tertiary/aromatic N) is 2. The monoisotopic (exact) mass is 404 g/mol. The van der Waals surface area contributed by atoms with E-state index in [1.165, 1.54) is 24.3 Å². The van der Waals surface area contributed by atoms with Crippen molar-refractivity contribution in [2.24, 2.45) is 0 Å². The maximum atomic E-state index is 13.3. The van der Waals surface area contributed by atoms with Gasteiger partial charge >= 0.3 is 6.18 Å². The van der Waals surface area contributed by atoms with Crippen LogP contribution in [0.1, 0.15) is 17.7 Å². The van der Waals surface area contributed by atoms with Crippen molar-refractivity contribution in [2.75, 3.05) is 25.1 Å². The minimum atomic E-state index is -4.53. The zero-order valence-electron chi connectivity index (χ0n) is 14.5. The van der Waals surface area contributed by atoms with Crippen molar-refractivity contribution in [3.05, 3.63) is 41.6 Å². The normalized spacial score (nSPS) is 17.3. The van der Waals surface area contributed by atoms with Crippen LogP contribution in [0.5, 0.6) is 0 Å². The molecule has 1 aromatic carbocycles. The first kappa shape index (κ1) is 21.2. The van der Waals surface area contributed by atoms with Gasteiger partial charge in [-0.2, -0.15) is 18.3 Å². The maximum Gasteiger partial charge on any atom is 0.418 e. The average Bonchev–Trinajstić information content (AvgIpc) is 2.95. The molecule has 2 aromatic rings. The number of aromatic nitrogens is 2. The van der Waals surface area contributed by atoms with E-state index in [2.05, 4.69) is 15.7 Å². The van der Waals surface area contributed by atoms with Gasteiger partial charge in [-0.25, -0.2) is 4.68 Å². The van der Waals surface area contributed by atoms with Gasteiger partial charge < -0.3 is 15.4 Å². The summed E-state index contributed by atoms with van der Waals surface area (Å²) in [5.74, 6) is -0.125. The Kier molecular flexibility index (Phi) is 6.85. The molecule has 1 aromatic heterocycles. The van der Waals surface area contributed by atoms with Crippen LogP contribution in [-0.4, -0.2) is 41.5 Å². The molecule has 27 heavy (non-hydrogen) atoms. The molecular formula is C17H20ClF3N4O2. The van der Waals surface area contributed by atoms with Crippen molar-refractivity contribution in [3.63, 3.8) is 0 Å². The number of anilines is 1. The summed E-state index contributed by atoms with van der Waals surface area (Å²) < 4.78 is 46.3. The van der Waals surface area contributed by atoms with Crippen LogP contribution < -0.4 is 10.6 Å². The number of hydrogen-bond acceptors (Lipinski definition) is 4. The molecule has 1 amide bonds. The first-order chi connectivity index (χ1) is 12.3. The highest BCUT2D eigenvalue weighted by atomic mass is 35.5. The van der Waals surface area contributed by atoms with Crippen molar-refractivity contribution in [2.45, 2.75) is 25.6 Å². The summed E-state index contributed by atoms with van der Waals surface area (Å²) in [5.41, 5.74) is -0.458. The van der Waals surface area contributed by atoms with E-state index < -0.39 is 11.7 Å². The van der Waals surface area contributed by atoms with Crippen LogP contribution >= 0.6 is 12.4 Å². The summed E-state index contributed by atoms with van der Waals surface area (Å²) in [6, 6.07) is 6.54. The van der Waals surface area contributed by atoms with Gasteiger partial charge in [-0.3, -0.25) is 4.79 Å². The molecule has 0 bridgehead atoms. The number of morpholine rings is 1. The smallest absolute Gasteiger partial charge is 0.378 e. The molecule has 1 atom stereocenters. The molecule has 1 fully saturated rings. The predicted octanol–water partition coefficient (Wildman–Crippen LogP) is 2.94. The van der Waals surface area contributed by atoms with Crippen molar-refractivity contribution in [1.82, 2.24) is 15.1 Å². The van der Waals surface area contributed by atoms with Gasteiger partial charge in [0.2, 0.25) is 5.91 Å². The van der Waals surface area contributed by atoms with Crippen LogP contribution in [0.25, 0.3) is 5.69 Å². The van der Waals surface area contributed by atoms with Crippen molar-refractivity contribution in [3.8, 4) is 5.69 Å². The minimum Gasteiger partial charge on any atom is -0.378 e. The first-order valence-corrected chi connectivity index (χ1v) is 8.19. The Balaban J connectivity index is 0.00000261. The fraction of sp³-hybridized carbons (Fsp3) is 0.412. The Labute approximate surface area is 160 Å². The highest BCUT2D eigenvalue weighted by molar-refractivity contribution is 5.90. The van der Waals surface area contributed by atoms with Gasteiger partial charge in [-0.05, 0) is 19.1 Å². The van der Waals surface area contributed by atoms with E-state index >= 15 is 0 Å². The lowest BCUT2D eigenvalue weighted by Crippen LogP contribution is -2.43. The van der Waals surface area contributed by atoms with Crippen molar-refractivity contribution < 1.29 is 22.7 Å². The van der Waals surface area contributed by atoms with Gasteiger partial charge in [-0.1, -0.05) is 12.1 Å². The minimum absolute atomic E-state index is 0. The number of amides is 1. The number of alkyl halides is 3. The van der Waals surface area contributed by atoms with Crippen LogP contribution in [0.2, 0.25) is 0 Å². The zero-order chi connectivity index (χ0) is 18.7. The molecule has 1 unspecified atom stereocenters. The highest BCUT2D eigenvalue weighted by Gasteiger charge is 2.34. The number of nitrogens with one attached hydrogen (secondary N) is 2. The number of hydrogen-bond donors (Lipinski definition) is 2. The van der Waals surface area contributed by atoms with E-state index in [-0.39, 0.29) is 42.3 Å². The van der Waals surface area contributed by atoms with E-state index in [0.29, 0.717) is 25.5 Å². The van der Waals surface area contributed by atoms with Crippen LogP contribution in [-0.2, 0) is 15.7 Å². The lowest BCUT2D eigenvalue weighted by molar-refractivity contribution is -0.137. The third-order valence-electron chi connectivity index (χ3n) is 3.97. The number of benzene rings is 1. The van der Waals surface area contributed by atoms with Gasteiger partial charge in [0.15, 0.2) is 0 Å². The van der Waals surface area contributed by atoms with E-state index in [1.807, 2.05) is 0 Å². The fourth-order valence-electron chi connectivity index (χ4n) is 2.84. The maximum absolute atomic E-state index is 13.3. The number of halogens is 4. The van der Waals surface area contributed by atoms with E-state index in [9.17, 15) is 18.0 Å². The SMILES string of the molecule is Cc1cc(NC(=O)CC2COCCN2)n(-c2ccccc2C(F)(F)F)n1.Cl. The number of ether oxygens (including phenoxy) is 1. The molecule has 2 heterocycles. The fourth-order valence-corrected chi connectivity index (χ4v) is 2.84. The molecular weight excluding hydrogens is 385 g/mol. The Hall–Kier alpha value is -2.10. The van der Waals surface area contributed by atoms with Gasteiger partial charge in [0.1, 0.15) is 5.82 Å². The topological polar surface area (TPSA) is 68.2 Å². The molecule has 10 heteroatoms. The van der Waals surface area contributed by atoms with Crippen LogP contribution in [0.3, 0.4) is 0 Å². The quantitative estimate of drug-likeness (QED) is 0.822. The lowest BCUT2D eigenvalue weighted by atomic mass is 10.1. The second-order valence-corrected chi connectivity index (χ2v) is 6.08. The summed E-state index contributed by atoms with van der Waals surface area (Å²) in [4.78, 5) is 12.3. The van der Waals surface area contributed by atoms with Crippen molar-refractivity contribution >= 4 is 24.1 Å². The Morgan fingerprint density at radius 2 is 2.15 bits per heavy atom. The first-order valence-electron chi connectivity index (χ1n) is 8.19. The number of carbonyl (C=O) groups excluding carboxylic acids is 1. The largest absolute Gasteiger partial charge is 0.418 e. The van der Waals surface area contributed by atoms with E-state index in [0.717, 1.165) is 10.7 Å². The molecule has 1 aliphatic heterocycles. The second kappa shape index (κ2) is 8.73. The molecule has 1 saturated heterocycles. The molecule has 3 rings (SSSR count). The molecule has 6 nitrogen and oxygen atoms in total. The molecule has 1 aliphatic rings. The third-order valence-corrected chi connectivity index (χ3v) is 3.97. The van der Waals surface area contributed by atoms with Crippen molar-refractivity contribution in [1.29, 1.82) is 0 Å². The van der Waals surface area contributed by atoms with Gasteiger partial charge in [0.25, 0.3) is 0 Å². The summed E-state index contributed by atoms with van der Waals surface area (Å²) in [7, 11) is 0. The average molecular weight is 405 g/mol. The Morgan fingerprint density at radius 3 is 2.81 bits per heavy atom. The Morgan fingerprint density at radius 1 is 1.41 bits per heavy atom. The predicted molar refractivity (Wildman–Crippen MR) is 96.4 cm³/mol. The van der Waals surface area contributed by atoms with Crippen LogP contribution in [0.15, 0.2) is 30.3 Å². The summed E-state index contributed by atoms with van der Waals surface area (Å²) in [5, 5.41) is 9.93. The summed E-state index contributed by atoms with van der Waals surface area (Å²) >= 11 is 0. The molecule has 0 aliphatic carbocycles. The second-order valence-electron chi connectivity index (χ2n) is 6.08. The molecule has 0 spiro atoms.